The van der Waals surface area contributed by atoms with Gasteiger partial charge in [0.1, 0.15) is 17.3 Å². The van der Waals surface area contributed by atoms with E-state index >= 15 is 0 Å². The van der Waals surface area contributed by atoms with E-state index in [4.69, 9.17) is 0 Å². The molecule has 0 bridgehead atoms. The molecule has 3 aromatic carbocycles. The minimum Gasteiger partial charge on any atom is -0.351 e. The fourth-order valence-electron chi connectivity index (χ4n) is 2.97. The van der Waals surface area contributed by atoms with Crippen molar-refractivity contribution in [2.24, 2.45) is 0 Å². The maximum Gasteiger partial charge on any atom is 0.272 e. The van der Waals surface area contributed by atoms with E-state index < -0.39 is 0 Å². The molecule has 5 nitrogen and oxygen atoms in total. The molecule has 3 N–H and O–H groups in total. The van der Waals surface area contributed by atoms with Gasteiger partial charge in [-0.25, -0.2) is 8.78 Å². The lowest BCUT2D eigenvalue weighted by Crippen LogP contribution is -2.12. The van der Waals surface area contributed by atoms with Gasteiger partial charge >= 0.3 is 0 Å². The van der Waals surface area contributed by atoms with Crippen molar-refractivity contribution in [1.29, 1.82) is 0 Å². The summed E-state index contributed by atoms with van der Waals surface area (Å²) in [5.41, 5.74) is 3.26. The first kappa shape index (κ1) is 20.0. The van der Waals surface area contributed by atoms with Crippen LogP contribution in [-0.2, 0) is 0 Å². The third kappa shape index (κ3) is 4.84. The Morgan fingerprint density at radius 1 is 0.613 bits per heavy atom. The lowest BCUT2D eigenvalue weighted by atomic mass is 10.1. The molecule has 1 heterocycles. The zero-order valence-corrected chi connectivity index (χ0v) is 16.2. The van der Waals surface area contributed by atoms with Gasteiger partial charge in [0.05, 0.1) is 0 Å². The largest absolute Gasteiger partial charge is 0.351 e. The molecule has 0 aliphatic heterocycles. The van der Waals surface area contributed by atoms with Gasteiger partial charge in [-0.1, -0.05) is 12.1 Å². The first-order valence-electron chi connectivity index (χ1n) is 9.41. The molecule has 0 saturated heterocycles. The molecular weight excluding hydrogens is 400 g/mol. The van der Waals surface area contributed by atoms with Gasteiger partial charge in [-0.05, 0) is 78.4 Å². The van der Waals surface area contributed by atoms with Crippen LogP contribution in [0, 0.1) is 11.6 Å². The Morgan fingerprint density at radius 3 is 1.68 bits per heavy atom. The standard InChI is InChI=1S/C24H17F2N3O2/c25-17-5-9-19(10-6-17)27-23(30)16-3-1-15(2-4-16)21-13-14-22(29-21)24(31)28-20-11-7-18(26)8-12-20/h1-14,29H,(H,27,30)(H,28,31). The van der Waals surface area contributed by atoms with E-state index in [-0.39, 0.29) is 23.4 Å². The smallest absolute Gasteiger partial charge is 0.272 e. The minimum atomic E-state index is -0.380. The first-order valence-corrected chi connectivity index (χ1v) is 9.41. The second kappa shape index (κ2) is 8.62. The molecule has 7 heteroatoms. The number of H-pyrrole nitrogens is 1. The Kier molecular flexibility index (Phi) is 5.57. The van der Waals surface area contributed by atoms with Gasteiger partial charge in [-0.2, -0.15) is 0 Å². The van der Waals surface area contributed by atoms with Crippen LogP contribution in [0.1, 0.15) is 20.8 Å². The van der Waals surface area contributed by atoms with Crippen LogP contribution >= 0.6 is 0 Å². The van der Waals surface area contributed by atoms with E-state index in [2.05, 4.69) is 15.6 Å². The molecule has 4 rings (SSSR count). The number of nitrogens with one attached hydrogen (secondary N) is 3. The third-order valence-corrected chi connectivity index (χ3v) is 4.59. The fourth-order valence-corrected chi connectivity index (χ4v) is 2.97. The monoisotopic (exact) mass is 417 g/mol. The highest BCUT2D eigenvalue weighted by Crippen LogP contribution is 2.21. The highest BCUT2D eigenvalue weighted by Gasteiger charge is 2.11. The molecule has 1 aromatic heterocycles. The number of hydrogen-bond donors (Lipinski definition) is 3. The Morgan fingerprint density at radius 2 is 1.13 bits per heavy atom. The van der Waals surface area contributed by atoms with Crippen LogP contribution < -0.4 is 10.6 Å². The Bertz CT molecular complexity index is 1220. The van der Waals surface area contributed by atoms with Crippen LogP contribution in [0.3, 0.4) is 0 Å². The summed E-state index contributed by atoms with van der Waals surface area (Å²) in [7, 11) is 0. The van der Waals surface area contributed by atoms with Crippen molar-refractivity contribution in [3.63, 3.8) is 0 Å². The van der Waals surface area contributed by atoms with Crippen LogP contribution in [0.25, 0.3) is 11.3 Å². The number of aromatic nitrogens is 1. The van der Waals surface area contributed by atoms with Gasteiger partial charge in [-0.15, -0.1) is 0 Å². The van der Waals surface area contributed by atoms with Crippen molar-refractivity contribution in [1.82, 2.24) is 4.98 Å². The molecule has 31 heavy (non-hydrogen) atoms. The van der Waals surface area contributed by atoms with E-state index in [0.717, 1.165) is 5.56 Å². The molecule has 4 aromatic rings. The lowest BCUT2D eigenvalue weighted by molar-refractivity contribution is 0.101. The number of aromatic amines is 1. The zero-order valence-electron chi connectivity index (χ0n) is 16.2. The molecular formula is C24H17F2N3O2. The minimum absolute atomic E-state index is 0.316. The fraction of sp³-hybridized carbons (Fsp3) is 0. The summed E-state index contributed by atoms with van der Waals surface area (Å²) < 4.78 is 26.0. The molecule has 2 amide bonds. The topological polar surface area (TPSA) is 74.0 Å². The number of halogens is 2. The van der Waals surface area contributed by atoms with Crippen LogP contribution in [0.5, 0.6) is 0 Å². The van der Waals surface area contributed by atoms with Gasteiger partial charge in [0.15, 0.2) is 0 Å². The quantitative estimate of drug-likeness (QED) is 0.403. The maximum absolute atomic E-state index is 13.0. The van der Waals surface area contributed by atoms with Crippen LogP contribution in [-0.4, -0.2) is 16.8 Å². The number of carbonyl (C=O) groups excluding carboxylic acids is 2. The number of amides is 2. The van der Waals surface area contributed by atoms with E-state index in [1.807, 2.05) is 0 Å². The Balaban J connectivity index is 1.42. The van der Waals surface area contributed by atoms with Crippen molar-refractivity contribution in [3.05, 3.63) is 108 Å². The van der Waals surface area contributed by atoms with E-state index in [1.54, 1.807) is 36.4 Å². The van der Waals surface area contributed by atoms with Gasteiger partial charge in [0, 0.05) is 22.6 Å². The highest BCUT2D eigenvalue weighted by atomic mass is 19.1. The molecule has 0 spiro atoms. The summed E-state index contributed by atoms with van der Waals surface area (Å²) in [4.78, 5) is 27.7. The summed E-state index contributed by atoms with van der Waals surface area (Å²) in [6.07, 6.45) is 0. The maximum atomic E-state index is 13.0. The van der Waals surface area contributed by atoms with Crippen LogP contribution in [0.2, 0.25) is 0 Å². The van der Waals surface area contributed by atoms with Crippen molar-refractivity contribution in [2.75, 3.05) is 10.6 Å². The van der Waals surface area contributed by atoms with Crippen molar-refractivity contribution in [2.45, 2.75) is 0 Å². The molecule has 0 fully saturated rings. The van der Waals surface area contributed by atoms with E-state index in [9.17, 15) is 18.4 Å². The average molecular weight is 417 g/mol. The molecule has 0 saturated carbocycles. The number of rotatable bonds is 5. The summed E-state index contributed by atoms with van der Waals surface area (Å²) in [5, 5.41) is 5.39. The number of benzene rings is 3. The third-order valence-electron chi connectivity index (χ3n) is 4.59. The highest BCUT2D eigenvalue weighted by molar-refractivity contribution is 6.05. The molecule has 0 aliphatic carbocycles. The molecule has 0 radical (unpaired) electrons. The average Bonchev–Trinajstić information content (AvgIpc) is 3.27. The number of anilines is 2. The summed E-state index contributed by atoms with van der Waals surface area (Å²) in [6.45, 7) is 0. The predicted octanol–water partition coefficient (Wildman–Crippen LogP) is 5.46. The lowest BCUT2D eigenvalue weighted by Gasteiger charge is -2.06. The van der Waals surface area contributed by atoms with Gasteiger partial charge in [0.2, 0.25) is 0 Å². The SMILES string of the molecule is O=C(Nc1ccc(F)cc1)c1ccc(-c2ccc(C(=O)Nc3ccc(F)cc3)[nH]2)cc1. The molecule has 0 unspecified atom stereocenters. The van der Waals surface area contributed by atoms with Crippen molar-refractivity contribution in [3.8, 4) is 11.3 Å². The first-order chi connectivity index (χ1) is 15.0. The summed E-state index contributed by atoms with van der Waals surface area (Å²) >= 11 is 0. The van der Waals surface area contributed by atoms with Crippen LogP contribution in [0.4, 0.5) is 20.2 Å². The predicted molar refractivity (Wildman–Crippen MR) is 115 cm³/mol. The Labute approximate surface area is 176 Å². The molecule has 0 aliphatic rings. The van der Waals surface area contributed by atoms with Crippen molar-refractivity contribution < 1.29 is 18.4 Å². The van der Waals surface area contributed by atoms with Crippen molar-refractivity contribution >= 4 is 23.2 Å². The second-order valence-corrected chi connectivity index (χ2v) is 6.79. The number of hydrogen-bond acceptors (Lipinski definition) is 2. The van der Waals surface area contributed by atoms with Gasteiger partial charge < -0.3 is 15.6 Å². The molecule has 154 valence electrons. The van der Waals surface area contributed by atoms with Gasteiger partial charge in [0.25, 0.3) is 11.8 Å². The summed E-state index contributed by atoms with van der Waals surface area (Å²) in [5.74, 6) is -1.42. The Hall–Kier alpha value is -4.26. The summed E-state index contributed by atoms with van der Waals surface area (Å²) in [6, 6.07) is 21.2. The molecule has 0 atom stereocenters. The zero-order chi connectivity index (χ0) is 21.8. The van der Waals surface area contributed by atoms with E-state index in [1.165, 1.54) is 48.5 Å². The normalized spacial score (nSPS) is 10.5. The van der Waals surface area contributed by atoms with Crippen LogP contribution in [0.15, 0.2) is 84.9 Å². The van der Waals surface area contributed by atoms with E-state index in [0.29, 0.717) is 28.3 Å². The number of carbonyl (C=O) groups is 2. The second-order valence-electron chi connectivity index (χ2n) is 6.79. The van der Waals surface area contributed by atoms with Gasteiger partial charge in [-0.3, -0.25) is 9.59 Å².